The van der Waals surface area contributed by atoms with Crippen LogP contribution in [-0.2, 0) is 16.1 Å². The van der Waals surface area contributed by atoms with Gasteiger partial charge in [-0.15, -0.1) is 0 Å². The smallest absolute Gasteiger partial charge is 0.252 e. The molecule has 0 aromatic heterocycles. The van der Waals surface area contributed by atoms with Gasteiger partial charge in [0, 0.05) is 31.6 Å². The van der Waals surface area contributed by atoms with Crippen LogP contribution in [0.2, 0.25) is 0 Å². The van der Waals surface area contributed by atoms with Crippen molar-refractivity contribution < 1.29 is 33.6 Å². The number of hydrogen-bond donors (Lipinski definition) is 2. The number of amides is 1. The number of benzene rings is 4. The zero-order chi connectivity index (χ0) is 31.8. The predicted octanol–water partition coefficient (Wildman–Crippen LogP) is 5.86. The van der Waals surface area contributed by atoms with E-state index in [9.17, 15) is 4.79 Å². The van der Waals surface area contributed by atoms with Crippen molar-refractivity contribution >= 4 is 17.9 Å². The van der Waals surface area contributed by atoms with E-state index in [0.717, 1.165) is 16.7 Å². The molecule has 0 unspecified atom stereocenters. The number of hydrogen-bond acceptors (Lipinski definition) is 8. The van der Waals surface area contributed by atoms with Crippen molar-refractivity contribution in [1.82, 2.24) is 5.32 Å². The zero-order valence-electron chi connectivity index (χ0n) is 25.6. The van der Waals surface area contributed by atoms with Crippen molar-refractivity contribution in [3.8, 4) is 23.0 Å². The van der Waals surface area contributed by atoms with Crippen LogP contribution in [0.25, 0.3) is 6.08 Å². The molecule has 236 valence electrons. The Labute approximate surface area is 268 Å². The molecule has 2 aliphatic rings. The van der Waals surface area contributed by atoms with E-state index in [4.69, 9.17) is 33.8 Å². The summed E-state index contributed by atoms with van der Waals surface area (Å²) in [4.78, 5) is 19.6. The Balaban J connectivity index is 1.36. The van der Waals surface area contributed by atoms with Crippen molar-refractivity contribution in [2.45, 2.75) is 31.0 Å². The molecule has 0 aliphatic carbocycles. The van der Waals surface area contributed by atoms with Crippen LogP contribution in [0, 0.1) is 0 Å². The van der Waals surface area contributed by atoms with Gasteiger partial charge in [0.15, 0.2) is 23.1 Å². The first-order valence-electron chi connectivity index (χ1n) is 15.2. The molecule has 0 fully saturated rings. The monoisotopic (exact) mass is 620 g/mol. The number of aliphatic imine (C=N–C) groups is 1. The van der Waals surface area contributed by atoms with E-state index in [1.54, 1.807) is 7.11 Å². The fraction of sp³-hybridized carbons (Fsp3) is 0.243. The fourth-order valence-electron chi connectivity index (χ4n) is 5.44. The molecule has 4 aromatic rings. The van der Waals surface area contributed by atoms with Crippen molar-refractivity contribution in [2.24, 2.45) is 4.99 Å². The third kappa shape index (κ3) is 6.84. The van der Waals surface area contributed by atoms with E-state index < -0.39 is 11.6 Å². The Bertz CT molecular complexity index is 1700. The molecule has 0 bridgehead atoms. The predicted molar refractivity (Wildman–Crippen MR) is 174 cm³/mol. The van der Waals surface area contributed by atoms with E-state index in [0.29, 0.717) is 47.5 Å². The number of carbonyl (C=O) groups is 1. The van der Waals surface area contributed by atoms with Crippen molar-refractivity contribution in [1.29, 1.82) is 0 Å². The first-order chi connectivity index (χ1) is 22.6. The van der Waals surface area contributed by atoms with Crippen LogP contribution in [0.1, 0.15) is 41.2 Å². The van der Waals surface area contributed by atoms with Crippen LogP contribution < -0.4 is 24.3 Å². The molecule has 1 amide bonds. The minimum absolute atomic E-state index is 0.0614. The van der Waals surface area contributed by atoms with Gasteiger partial charge in [-0.2, -0.15) is 0 Å². The molecule has 9 nitrogen and oxygen atoms in total. The van der Waals surface area contributed by atoms with Crippen LogP contribution in [0.3, 0.4) is 0 Å². The lowest BCUT2D eigenvalue weighted by Crippen LogP contribution is -2.47. The minimum atomic E-state index is -1.35. The number of aliphatic hydroxyl groups is 1. The molecule has 0 radical (unpaired) electrons. The first kappa shape index (κ1) is 30.7. The summed E-state index contributed by atoms with van der Waals surface area (Å²) in [5, 5.41) is 12.2. The van der Waals surface area contributed by atoms with E-state index >= 15 is 0 Å². The molecule has 6 rings (SSSR count). The van der Waals surface area contributed by atoms with Gasteiger partial charge in [0.05, 0.1) is 13.7 Å². The molecule has 4 aromatic carbocycles. The van der Waals surface area contributed by atoms with Gasteiger partial charge in [-0.3, -0.25) is 4.79 Å². The van der Waals surface area contributed by atoms with Gasteiger partial charge in [0.1, 0.15) is 11.5 Å². The molecule has 0 spiro atoms. The molecule has 2 heterocycles. The van der Waals surface area contributed by atoms with Gasteiger partial charge in [0.25, 0.3) is 5.91 Å². The number of methoxy groups -OCH3 is 1. The summed E-state index contributed by atoms with van der Waals surface area (Å²) >= 11 is 0. The lowest BCUT2D eigenvalue weighted by Gasteiger charge is -2.30. The van der Waals surface area contributed by atoms with Crippen molar-refractivity contribution in [3.05, 3.63) is 125 Å². The second-order valence-corrected chi connectivity index (χ2v) is 11.0. The van der Waals surface area contributed by atoms with Crippen LogP contribution in [0.5, 0.6) is 23.0 Å². The number of fused-ring (bicyclic) bond motifs is 1. The molecule has 0 saturated heterocycles. The summed E-state index contributed by atoms with van der Waals surface area (Å²) in [6.07, 6.45) is 4.01. The highest BCUT2D eigenvalue weighted by Gasteiger charge is 2.52. The maximum atomic E-state index is 14.5. The fourth-order valence-corrected chi connectivity index (χ4v) is 5.44. The summed E-state index contributed by atoms with van der Waals surface area (Å²) < 4.78 is 28.8. The van der Waals surface area contributed by atoms with Gasteiger partial charge in [-0.05, 0) is 65.2 Å². The molecule has 0 saturated carbocycles. The van der Waals surface area contributed by atoms with E-state index in [2.05, 4.69) is 5.32 Å². The number of nitrogens with zero attached hydrogens (tertiary/aromatic N) is 1. The highest BCUT2D eigenvalue weighted by molar-refractivity contribution is 6.01. The molecular formula is C37H36N2O7. The van der Waals surface area contributed by atoms with Crippen LogP contribution >= 0.6 is 0 Å². The number of carbonyl (C=O) groups excluding carboxylic acids is 1. The molecule has 2 atom stereocenters. The normalized spacial score (nSPS) is 18.2. The third-order valence-electron chi connectivity index (χ3n) is 7.86. The molecule has 9 heteroatoms. The summed E-state index contributed by atoms with van der Waals surface area (Å²) in [5.74, 6) is 2.71. The van der Waals surface area contributed by atoms with Crippen LogP contribution in [0.15, 0.2) is 108 Å². The van der Waals surface area contributed by atoms with Crippen molar-refractivity contribution in [2.75, 3.05) is 27.1 Å². The summed E-state index contributed by atoms with van der Waals surface area (Å²) in [7, 11) is 1.61. The number of ether oxygens (including phenoxy) is 5. The highest BCUT2D eigenvalue weighted by Crippen LogP contribution is 2.44. The van der Waals surface area contributed by atoms with Gasteiger partial charge < -0.3 is 34.1 Å². The number of rotatable bonds is 13. The van der Waals surface area contributed by atoms with Crippen LogP contribution in [0.4, 0.5) is 0 Å². The van der Waals surface area contributed by atoms with Gasteiger partial charge >= 0.3 is 0 Å². The average molecular weight is 621 g/mol. The Morgan fingerprint density at radius 3 is 2.61 bits per heavy atom. The largest absolute Gasteiger partial charge is 0.497 e. The third-order valence-corrected chi connectivity index (χ3v) is 7.86. The SMILES string of the molecule is COc1cccc([C@H]2OC(c3ccc(OCCCO)cc3)=N[C@@]2(C/C=C/c2ccccc2)C(=O)NCc2ccc3c(c2)OCO3)c1. The van der Waals surface area contributed by atoms with Gasteiger partial charge in [0.2, 0.25) is 12.7 Å². The molecule has 46 heavy (non-hydrogen) atoms. The Morgan fingerprint density at radius 2 is 1.80 bits per heavy atom. The summed E-state index contributed by atoms with van der Waals surface area (Å²) in [6.45, 7) is 0.904. The summed E-state index contributed by atoms with van der Waals surface area (Å²) in [5.41, 5.74) is 1.99. The maximum absolute atomic E-state index is 14.5. The Kier molecular flexibility index (Phi) is 9.50. The molecular weight excluding hydrogens is 584 g/mol. The quantitative estimate of drug-likeness (QED) is 0.180. The Morgan fingerprint density at radius 1 is 0.978 bits per heavy atom. The van der Waals surface area contributed by atoms with Crippen LogP contribution in [-0.4, -0.2) is 49.6 Å². The van der Waals surface area contributed by atoms with Gasteiger partial charge in [-0.1, -0.05) is 60.7 Å². The Hall–Kier alpha value is -5.28. The second kappa shape index (κ2) is 14.2. The van der Waals surface area contributed by atoms with Gasteiger partial charge in [-0.25, -0.2) is 4.99 Å². The molecule has 2 N–H and O–H groups in total. The lowest BCUT2D eigenvalue weighted by atomic mass is 9.84. The minimum Gasteiger partial charge on any atom is -0.497 e. The van der Waals surface area contributed by atoms with E-state index in [1.165, 1.54) is 0 Å². The standard InChI is InChI=1S/C37H36N2O7/c1-42-31-12-5-11-29(23-31)34-37(19-6-10-26-8-3-2-4-9-26,36(41)38-24-27-13-18-32-33(22-27)45-25-44-32)39-35(46-34)28-14-16-30(17-15-28)43-21-7-20-40/h2-6,8-18,22-23,34,40H,7,19-21,24-25H2,1H3,(H,38,41)/b10-6+/t34-,37-/m1/s1. The first-order valence-corrected chi connectivity index (χ1v) is 15.2. The zero-order valence-corrected chi connectivity index (χ0v) is 25.6. The number of aliphatic hydroxyl groups excluding tert-OH is 1. The highest BCUT2D eigenvalue weighted by atomic mass is 16.7. The molecule has 2 aliphatic heterocycles. The van der Waals surface area contributed by atoms with E-state index in [-0.39, 0.29) is 32.3 Å². The van der Waals surface area contributed by atoms with E-state index in [1.807, 2.05) is 109 Å². The second-order valence-electron chi connectivity index (χ2n) is 11.0. The van der Waals surface area contributed by atoms with Crippen molar-refractivity contribution in [3.63, 3.8) is 0 Å². The topological polar surface area (TPSA) is 108 Å². The number of nitrogens with one attached hydrogen (secondary N) is 1. The maximum Gasteiger partial charge on any atom is 0.252 e. The summed E-state index contributed by atoms with van der Waals surface area (Å²) in [6, 6.07) is 30.4. The lowest BCUT2D eigenvalue weighted by molar-refractivity contribution is -0.129. The average Bonchev–Trinajstić information content (AvgIpc) is 3.74.